The molecule has 1 N–H and O–H groups in total. The van der Waals surface area contributed by atoms with Crippen LogP contribution in [-0.2, 0) is 14.3 Å². The molecule has 2 aromatic carbocycles. The first-order valence-corrected chi connectivity index (χ1v) is 9.68. The minimum Gasteiger partial charge on any atom is -0.491 e. The van der Waals surface area contributed by atoms with Crippen LogP contribution in [0.5, 0.6) is 5.75 Å². The van der Waals surface area contributed by atoms with E-state index in [4.69, 9.17) is 14.2 Å². The molecule has 30 heavy (non-hydrogen) atoms. The highest BCUT2D eigenvalue weighted by Gasteiger charge is 2.17. The van der Waals surface area contributed by atoms with Crippen molar-refractivity contribution in [2.45, 2.75) is 31.9 Å². The largest absolute Gasteiger partial charge is 0.491 e. The van der Waals surface area contributed by atoms with Crippen molar-refractivity contribution in [2.24, 2.45) is 0 Å². The van der Waals surface area contributed by atoms with Gasteiger partial charge in [-0.3, -0.25) is 4.79 Å². The number of carbonyl (C=O) groups is 2. The van der Waals surface area contributed by atoms with Crippen molar-refractivity contribution in [1.29, 1.82) is 0 Å². The van der Waals surface area contributed by atoms with Gasteiger partial charge in [0.15, 0.2) is 6.61 Å². The van der Waals surface area contributed by atoms with Crippen LogP contribution in [0, 0.1) is 11.6 Å². The second-order valence-electron chi connectivity index (χ2n) is 7.00. The predicted molar refractivity (Wildman–Crippen MR) is 104 cm³/mol. The quantitative estimate of drug-likeness (QED) is 0.663. The second-order valence-corrected chi connectivity index (χ2v) is 7.00. The molecule has 1 aliphatic rings. The fourth-order valence-electron chi connectivity index (χ4n) is 3.08. The van der Waals surface area contributed by atoms with E-state index < -0.39 is 36.2 Å². The number of rotatable bonds is 8. The van der Waals surface area contributed by atoms with Crippen LogP contribution in [-0.4, -0.2) is 37.8 Å². The van der Waals surface area contributed by atoms with Crippen molar-refractivity contribution < 1.29 is 32.6 Å². The van der Waals surface area contributed by atoms with Crippen molar-refractivity contribution in [3.8, 4) is 5.75 Å². The highest BCUT2D eigenvalue weighted by molar-refractivity contribution is 5.91. The molecule has 160 valence electrons. The van der Waals surface area contributed by atoms with Crippen molar-refractivity contribution in [1.82, 2.24) is 5.32 Å². The number of benzene rings is 2. The van der Waals surface area contributed by atoms with Gasteiger partial charge in [0.1, 0.15) is 24.0 Å². The molecule has 0 aliphatic carbocycles. The third kappa shape index (κ3) is 6.00. The van der Waals surface area contributed by atoms with Gasteiger partial charge in [-0.15, -0.1) is 0 Å². The maximum atomic E-state index is 13.8. The standard InChI is InChI=1S/C22H23F2NO5/c1-14(19-9-6-16(23)11-20(19)24)25-21(26)13-30-22(27)15-4-7-17(8-5-15)29-12-18-3-2-10-28-18/h4-9,11,14,18H,2-3,10,12-13H2,1H3,(H,25,26)/t14-,18-/m0/s1. The summed E-state index contributed by atoms with van der Waals surface area (Å²) in [6.07, 6.45) is 2.10. The topological polar surface area (TPSA) is 73.9 Å². The average molecular weight is 419 g/mol. The first-order chi connectivity index (χ1) is 14.4. The van der Waals surface area contributed by atoms with Crippen LogP contribution < -0.4 is 10.1 Å². The van der Waals surface area contributed by atoms with Gasteiger partial charge < -0.3 is 19.5 Å². The molecule has 2 aromatic rings. The summed E-state index contributed by atoms with van der Waals surface area (Å²) in [4.78, 5) is 24.1. The Morgan fingerprint density at radius 2 is 1.97 bits per heavy atom. The lowest BCUT2D eigenvalue weighted by Gasteiger charge is -2.15. The van der Waals surface area contributed by atoms with Gasteiger partial charge in [-0.25, -0.2) is 13.6 Å². The van der Waals surface area contributed by atoms with Crippen molar-refractivity contribution in [3.63, 3.8) is 0 Å². The number of esters is 1. The Hall–Kier alpha value is -3.00. The summed E-state index contributed by atoms with van der Waals surface area (Å²) < 4.78 is 42.9. The predicted octanol–water partition coefficient (Wildman–Crippen LogP) is 3.56. The molecule has 2 atom stereocenters. The zero-order valence-electron chi connectivity index (χ0n) is 16.5. The molecule has 8 heteroatoms. The zero-order valence-corrected chi connectivity index (χ0v) is 16.5. The van der Waals surface area contributed by atoms with Gasteiger partial charge in [0.2, 0.25) is 0 Å². The number of carbonyl (C=O) groups excluding carboxylic acids is 2. The Morgan fingerprint density at radius 3 is 2.63 bits per heavy atom. The zero-order chi connectivity index (χ0) is 21.5. The Morgan fingerprint density at radius 1 is 1.20 bits per heavy atom. The highest BCUT2D eigenvalue weighted by atomic mass is 19.1. The molecule has 0 saturated carbocycles. The third-order valence-corrected chi connectivity index (χ3v) is 4.69. The number of hydrogen-bond acceptors (Lipinski definition) is 5. The molecule has 0 radical (unpaired) electrons. The van der Waals surface area contributed by atoms with Crippen LogP contribution in [0.25, 0.3) is 0 Å². The number of ether oxygens (including phenoxy) is 3. The average Bonchev–Trinajstić information content (AvgIpc) is 3.24. The minimum atomic E-state index is -0.762. The molecule has 1 heterocycles. The second kappa shape index (κ2) is 10.2. The van der Waals surface area contributed by atoms with E-state index in [0.29, 0.717) is 12.4 Å². The smallest absolute Gasteiger partial charge is 0.338 e. The summed E-state index contributed by atoms with van der Waals surface area (Å²) in [6, 6.07) is 8.77. The molecule has 0 bridgehead atoms. The van der Waals surface area contributed by atoms with E-state index in [-0.39, 0.29) is 17.2 Å². The van der Waals surface area contributed by atoms with Gasteiger partial charge in [-0.1, -0.05) is 6.07 Å². The summed E-state index contributed by atoms with van der Waals surface area (Å²) in [6.45, 7) is 2.23. The normalized spacial score (nSPS) is 16.7. The van der Waals surface area contributed by atoms with Crippen molar-refractivity contribution >= 4 is 11.9 Å². The summed E-state index contributed by atoms with van der Waals surface area (Å²) in [5.74, 6) is -2.13. The summed E-state index contributed by atoms with van der Waals surface area (Å²) in [5.41, 5.74) is 0.402. The van der Waals surface area contributed by atoms with Gasteiger partial charge in [-0.05, 0) is 50.1 Å². The van der Waals surface area contributed by atoms with Gasteiger partial charge in [0.05, 0.1) is 17.7 Å². The minimum absolute atomic E-state index is 0.0962. The number of amides is 1. The van der Waals surface area contributed by atoms with E-state index >= 15 is 0 Å². The Kier molecular flexibility index (Phi) is 7.35. The van der Waals surface area contributed by atoms with Crippen LogP contribution in [0.15, 0.2) is 42.5 Å². The molecule has 1 fully saturated rings. The molecule has 1 amide bonds. The molecule has 0 spiro atoms. The summed E-state index contributed by atoms with van der Waals surface area (Å²) in [7, 11) is 0. The fraction of sp³-hybridized carbons (Fsp3) is 0.364. The summed E-state index contributed by atoms with van der Waals surface area (Å²) >= 11 is 0. The maximum Gasteiger partial charge on any atom is 0.338 e. The molecular formula is C22H23F2NO5. The number of halogens is 2. The molecule has 1 aliphatic heterocycles. The monoisotopic (exact) mass is 419 g/mol. The third-order valence-electron chi connectivity index (χ3n) is 4.69. The Bertz CT molecular complexity index is 882. The van der Waals surface area contributed by atoms with Gasteiger partial charge in [0.25, 0.3) is 5.91 Å². The Balaban J connectivity index is 1.44. The maximum absolute atomic E-state index is 13.8. The van der Waals surface area contributed by atoms with E-state index in [9.17, 15) is 18.4 Å². The van der Waals surface area contributed by atoms with Crippen LogP contribution in [0.3, 0.4) is 0 Å². The van der Waals surface area contributed by atoms with E-state index in [1.54, 1.807) is 31.2 Å². The van der Waals surface area contributed by atoms with Crippen LogP contribution in [0.2, 0.25) is 0 Å². The first-order valence-electron chi connectivity index (χ1n) is 9.68. The lowest BCUT2D eigenvalue weighted by molar-refractivity contribution is -0.124. The van der Waals surface area contributed by atoms with E-state index in [1.165, 1.54) is 6.07 Å². The van der Waals surface area contributed by atoms with Gasteiger partial charge >= 0.3 is 5.97 Å². The number of hydrogen-bond donors (Lipinski definition) is 1. The number of nitrogens with one attached hydrogen (secondary N) is 1. The van der Waals surface area contributed by atoms with Crippen LogP contribution in [0.1, 0.15) is 41.7 Å². The SMILES string of the molecule is C[C@H](NC(=O)COC(=O)c1ccc(OC[C@@H]2CCCO2)cc1)c1ccc(F)cc1F. The lowest BCUT2D eigenvalue weighted by atomic mass is 10.1. The lowest BCUT2D eigenvalue weighted by Crippen LogP contribution is -2.31. The molecule has 3 rings (SSSR count). The van der Waals surface area contributed by atoms with E-state index in [0.717, 1.165) is 31.6 Å². The molecule has 1 saturated heterocycles. The molecule has 6 nitrogen and oxygen atoms in total. The van der Waals surface area contributed by atoms with Gasteiger partial charge in [0, 0.05) is 18.2 Å². The fourth-order valence-corrected chi connectivity index (χ4v) is 3.08. The van der Waals surface area contributed by atoms with E-state index in [1.807, 2.05) is 0 Å². The van der Waals surface area contributed by atoms with E-state index in [2.05, 4.69) is 5.32 Å². The molecule has 0 aromatic heterocycles. The highest BCUT2D eigenvalue weighted by Crippen LogP contribution is 2.18. The Labute approximate surface area is 173 Å². The van der Waals surface area contributed by atoms with Gasteiger partial charge in [-0.2, -0.15) is 0 Å². The first kappa shape index (κ1) is 21.7. The van der Waals surface area contributed by atoms with Crippen molar-refractivity contribution in [3.05, 3.63) is 65.2 Å². The van der Waals surface area contributed by atoms with Crippen molar-refractivity contribution in [2.75, 3.05) is 19.8 Å². The molecule has 0 unspecified atom stereocenters. The summed E-state index contributed by atoms with van der Waals surface area (Å²) in [5, 5.41) is 2.51. The van der Waals surface area contributed by atoms with Crippen LogP contribution in [0.4, 0.5) is 8.78 Å². The van der Waals surface area contributed by atoms with Crippen LogP contribution >= 0.6 is 0 Å². The molecular weight excluding hydrogens is 396 g/mol.